The van der Waals surface area contributed by atoms with Gasteiger partial charge in [0.15, 0.2) is 0 Å². The number of halogens is 3. The normalized spacial score (nSPS) is 10.6. The second-order valence-corrected chi connectivity index (χ2v) is 5.99. The summed E-state index contributed by atoms with van der Waals surface area (Å²) in [5.41, 5.74) is 7.30. The van der Waals surface area contributed by atoms with Crippen molar-refractivity contribution in [2.75, 3.05) is 5.73 Å². The van der Waals surface area contributed by atoms with Crippen LogP contribution in [-0.4, -0.2) is 0 Å². The summed E-state index contributed by atoms with van der Waals surface area (Å²) in [5, 5.41) is 0.453. The number of rotatable bonds is 3. The minimum atomic E-state index is -0.317. The van der Waals surface area contributed by atoms with E-state index in [9.17, 15) is 4.39 Å². The highest BCUT2D eigenvalue weighted by atomic mass is 79.9. The Labute approximate surface area is 123 Å². The maximum Gasteiger partial charge on any atom is 0.124 e. The Morgan fingerprint density at radius 1 is 1.22 bits per heavy atom. The van der Waals surface area contributed by atoms with Gasteiger partial charge < -0.3 is 5.73 Å². The Kier molecular flexibility index (Phi) is 4.54. The molecule has 0 fully saturated rings. The van der Waals surface area contributed by atoms with E-state index >= 15 is 0 Å². The second-order valence-electron chi connectivity index (χ2n) is 3.71. The molecule has 0 radical (unpaired) electrons. The molecule has 0 heterocycles. The Hall–Kier alpha value is -0.710. The van der Waals surface area contributed by atoms with Crippen molar-refractivity contribution in [3.63, 3.8) is 0 Å². The lowest BCUT2D eigenvalue weighted by Gasteiger charge is -2.07. The largest absolute Gasteiger partial charge is 0.399 e. The zero-order valence-corrected chi connectivity index (χ0v) is 12.4. The molecule has 0 aliphatic heterocycles. The fourth-order valence-electron chi connectivity index (χ4n) is 1.43. The molecule has 2 N–H and O–H groups in total. The van der Waals surface area contributed by atoms with Crippen molar-refractivity contribution in [1.29, 1.82) is 0 Å². The molecule has 0 bridgehead atoms. The number of nitrogen functional groups attached to an aromatic ring is 1. The van der Waals surface area contributed by atoms with Gasteiger partial charge in [0.25, 0.3) is 0 Å². The lowest BCUT2D eigenvalue weighted by Crippen LogP contribution is -1.87. The number of thioether (sulfide) groups is 1. The zero-order chi connectivity index (χ0) is 13.1. The van der Waals surface area contributed by atoms with Crippen LogP contribution in [-0.2, 0) is 5.75 Å². The van der Waals surface area contributed by atoms with Gasteiger partial charge in [0.05, 0.1) is 0 Å². The van der Waals surface area contributed by atoms with E-state index in [4.69, 9.17) is 17.3 Å². The van der Waals surface area contributed by atoms with Crippen LogP contribution in [0.4, 0.5) is 10.1 Å². The number of hydrogen-bond acceptors (Lipinski definition) is 2. The Morgan fingerprint density at radius 3 is 2.67 bits per heavy atom. The predicted molar refractivity (Wildman–Crippen MR) is 79.5 cm³/mol. The summed E-state index contributed by atoms with van der Waals surface area (Å²) in [6.07, 6.45) is 0. The lowest BCUT2D eigenvalue weighted by molar-refractivity contribution is 0.627. The molecule has 94 valence electrons. The highest BCUT2D eigenvalue weighted by Crippen LogP contribution is 2.33. The Morgan fingerprint density at radius 2 is 2.00 bits per heavy atom. The van der Waals surface area contributed by atoms with Gasteiger partial charge in [0, 0.05) is 25.8 Å². The quantitative estimate of drug-likeness (QED) is 0.617. The topological polar surface area (TPSA) is 26.0 Å². The van der Waals surface area contributed by atoms with Crippen LogP contribution < -0.4 is 5.73 Å². The molecule has 0 saturated heterocycles. The van der Waals surface area contributed by atoms with E-state index in [-0.39, 0.29) is 5.82 Å². The molecule has 2 rings (SSSR count). The van der Waals surface area contributed by atoms with Gasteiger partial charge in [0.1, 0.15) is 5.82 Å². The van der Waals surface area contributed by atoms with E-state index in [1.165, 1.54) is 12.1 Å². The lowest BCUT2D eigenvalue weighted by atomic mass is 10.2. The minimum Gasteiger partial charge on any atom is -0.399 e. The fourth-order valence-corrected chi connectivity index (χ4v) is 3.41. The molecular formula is C13H10BrClFNS. The predicted octanol–water partition coefficient (Wildman–Crippen LogP) is 5.12. The highest BCUT2D eigenvalue weighted by Gasteiger charge is 2.05. The first-order valence-electron chi connectivity index (χ1n) is 5.18. The third kappa shape index (κ3) is 3.40. The van der Waals surface area contributed by atoms with Crippen molar-refractivity contribution >= 4 is 45.0 Å². The summed E-state index contributed by atoms with van der Waals surface area (Å²) in [7, 11) is 0. The van der Waals surface area contributed by atoms with Crippen molar-refractivity contribution in [3.05, 3.63) is 57.3 Å². The van der Waals surface area contributed by atoms with Crippen molar-refractivity contribution in [2.24, 2.45) is 0 Å². The maximum absolute atomic E-state index is 12.9. The van der Waals surface area contributed by atoms with Crippen LogP contribution in [0.5, 0.6) is 0 Å². The standard InChI is InChI=1S/C13H10BrClFNS/c14-11-6-10(17)3-4-13(11)18-7-8-1-2-9(16)5-12(8)15/h1-6H,7,17H2. The molecule has 0 atom stereocenters. The molecule has 0 aliphatic rings. The van der Waals surface area contributed by atoms with E-state index in [0.717, 1.165) is 14.9 Å². The molecule has 0 unspecified atom stereocenters. The molecule has 0 spiro atoms. The second kappa shape index (κ2) is 5.95. The summed E-state index contributed by atoms with van der Waals surface area (Å²) < 4.78 is 13.9. The van der Waals surface area contributed by atoms with Crippen LogP contribution in [0.25, 0.3) is 0 Å². The molecular weight excluding hydrogens is 337 g/mol. The molecule has 18 heavy (non-hydrogen) atoms. The van der Waals surface area contributed by atoms with E-state index in [2.05, 4.69) is 15.9 Å². The number of nitrogens with two attached hydrogens (primary N) is 1. The Balaban J connectivity index is 2.11. The van der Waals surface area contributed by atoms with Crippen LogP contribution >= 0.6 is 39.3 Å². The average Bonchev–Trinajstić information content (AvgIpc) is 2.30. The molecule has 0 aliphatic carbocycles. The molecule has 0 saturated carbocycles. The van der Waals surface area contributed by atoms with Crippen molar-refractivity contribution < 1.29 is 4.39 Å². The third-order valence-electron chi connectivity index (χ3n) is 2.35. The average molecular weight is 347 g/mol. The zero-order valence-electron chi connectivity index (χ0n) is 9.29. The Bertz CT molecular complexity index is 525. The van der Waals surface area contributed by atoms with Crippen LogP contribution in [0.1, 0.15) is 5.56 Å². The molecule has 2 aromatic rings. The van der Waals surface area contributed by atoms with Crippen LogP contribution in [0.15, 0.2) is 45.8 Å². The van der Waals surface area contributed by atoms with Gasteiger partial charge in [0.2, 0.25) is 0 Å². The first-order valence-corrected chi connectivity index (χ1v) is 7.33. The van der Waals surface area contributed by atoms with E-state index < -0.39 is 0 Å². The van der Waals surface area contributed by atoms with Crippen LogP contribution in [0, 0.1) is 5.82 Å². The molecule has 0 amide bonds. The third-order valence-corrected chi connectivity index (χ3v) is 4.75. The van der Waals surface area contributed by atoms with Gasteiger partial charge in [-0.25, -0.2) is 4.39 Å². The van der Waals surface area contributed by atoms with Gasteiger partial charge in [-0.2, -0.15) is 0 Å². The van der Waals surface area contributed by atoms with Gasteiger partial charge in [-0.05, 0) is 51.8 Å². The summed E-state index contributed by atoms with van der Waals surface area (Å²) in [5.74, 6) is 0.365. The number of hydrogen-bond donors (Lipinski definition) is 1. The van der Waals surface area contributed by atoms with Crippen molar-refractivity contribution in [1.82, 2.24) is 0 Å². The van der Waals surface area contributed by atoms with Crippen molar-refractivity contribution in [2.45, 2.75) is 10.6 Å². The summed E-state index contributed by atoms with van der Waals surface area (Å²) >= 11 is 11.1. The van der Waals surface area contributed by atoms with Crippen molar-refractivity contribution in [3.8, 4) is 0 Å². The maximum atomic E-state index is 12.9. The molecule has 1 nitrogen and oxygen atoms in total. The SMILES string of the molecule is Nc1ccc(SCc2ccc(F)cc2Cl)c(Br)c1. The van der Waals surface area contributed by atoms with E-state index in [0.29, 0.717) is 16.5 Å². The van der Waals surface area contributed by atoms with Gasteiger partial charge in [-0.1, -0.05) is 17.7 Å². The van der Waals surface area contributed by atoms with Gasteiger partial charge in [-0.3, -0.25) is 0 Å². The van der Waals surface area contributed by atoms with E-state index in [1.807, 2.05) is 18.2 Å². The monoisotopic (exact) mass is 345 g/mol. The molecule has 2 aromatic carbocycles. The van der Waals surface area contributed by atoms with Crippen LogP contribution in [0.2, 0.25) is 5.02 Å². The number of benzene rings is 2. The first-order chi connectivity index (χ1) is 8.56. The highest BCUT2D eigenvalue weighted by molar-refractivity contribution is 9.10. The molecule has 0 aromatic heterocycles. The smallest absolute Gasteiger partial charge is 0.124 e. The minimum absolute atomic E-state index is 0.317. The van der Waals surface area contributed by atoms with E-state index in [1.54, 1.807) is 17.8 Å². The summed E-state index contributed by atoms with van der Waals surface area (Å²) in [6.45, 7) is 0. The van der Waals surface area contributed by atoms with Crippen LogP contribution in [0.3, 0.4) is 0 Å². The first kappa shape index (κ1) is 13.7. The summed E-state index contributed by atoms with van der Waals surface area (Å²) in [4.78, 5) is 1.07. The summed E-state index contributed by atoms with van der Waals surface area (Å²) in [6, 6.07) is 10.1. The fraction of sp³-hybridized carbons (Fsp3) is 0.0769. The molecule has 5 heteroatoms. The van der Waals surface area contributed by atoms with Gasteiger partial charge >= 0.3 is 0 Å². The number of anilines is 1. The van der Waals surface area contributed by atoms with Gasteiger partial charge in [-0.15, -0.1) is 11.8 Å².